The Labute approximate surface area is 153 Å². The molecule has 2 nitrogen and oxygen atoms in total. The summed E-state index contributed by atoms with van der Waals surface area (Å²) in [5.74, 6) is -11.3. The van der Waals surface area contributed by atoms with Gasteiger partial charge in [-0.25, -0.2) is 13.2 Å². The van der Waals surface area contributed by atoms with E-state index >= 15 is 0 Å². The molecule has 2 aromatic carbocycles. The van der Waals surface area contributed by atoms with E-state index in [9.17, 15) is 22.0 Å². The number of ether oxygens (including phenoxy) is 1. The SMILES string of the molecule is CN1[C@@H]2CC[C@H]1C[C@](Oc1c(F)c(F)c(F)c(F)c1F)(c1ccccc1)C2. The molecule has 0 saturated carbocycles. The maximum atomic E-state index is 14.3. The third-order valence-electron chi connectivity index (χ3n) is 5.88. The molecule has 0 amide bonds. The van der Waals surface area contributed by atoms with Crippen LogP contribution in [0.15, 0.2) is 30.3 Å². The Balaban J connectivity index is 1.83. The summed E-state index contributed by atoms with van der Waals surface area (Å²) in [6.07, 6.45) is 2.61. The lowest BCUT2D eigenvalue weighted by Crippen LogP contribution is -2.50. The van der Waals surface area contributed by atoms with Gasteiger partial charge >= 0.3 is 0 Å². The van der Waals surface area contributed by atoms with Crippen LogP contribution >= 0.6 is 0 Å². The van der Waals surface area contributed by atoms with Gasteiger partial charge in [0.25, 0.3) is 0 Å². The highest BCUT2D eigenvalue weighted by Crippen LogP contribution is 2.48. The van der Waals surface area contributed by atoms with E-state index in [2.05, 4.69) is 4.90 Å². The molecule has 0 radical (unpaired) electrons. The first-order valence-electron chi connectivity index (χ1n) is 8.82. The molecule has 27 heavy (non-hydrogen) atoms. The third kappa shape index (κ3) is 2.79. The van der Waals surface area contributed by atoms with Crippen LogP contribution in [0.1, 0.15) is 31.2 Å². The quantitative estimate of drug-likeness (QED) is 0.424. The number of fused-ring (bicyclic) bond motifs is 2. The van der Waals surface area contributed by atoms with Crippen molar-refractivity contribution < 1.29 is 26.7 Å². The van der Waals surface area contributed by atoms with E-state index in [-0.39, 0.29) is 12.1 Å². The molecule has 144 valence electrons. The maximum Gasteiger partial charge on any atom is 0.207 e. The lowest BCUT2D eigenvalue weighted by atomic mass is 9.80. The number of hydrogen-bond donors (Lipinski definition) is 0. The van der Waals surface area contributed by atoms with Gasteiger partial charge in [-0.15, -0.1) is 0 Å². The molecule has 4 rings (SSSR count). The lowest BCUT2D eigenvalue weighted by molar-refractivity contribution is -0.0340. The molecule has 2 aromatic rings. The number of hydrogen-bond acceptors (Lipinski definition) is 2. The van der Waals surface area contributed by atoms with Gasteiger partial charge in [0.05, 0.1) is 0 Å². The Kier molecular flexibility index (Phi) is 4.37. The number of halogens is 5. The van der Waals surface area contributed by atoms with Crippen molar-refractivity contribution in [2.24, 2.45) is 0 Å². The summed E-state index contributed by atoms with van der Waals surface area (Å²) in [5, 5.41) is 0. The second-order valence-electron chi connectivity index (χ2n) is 7.32. The second-order valence-corrected chi connectivity index (χ2v) is 7.32. The zero-order valence-corrected chi connectivity index (χ0v) is 14.6. The summed E-state index contributed by atoms with van der Waals surface area (Å²) in [4.78, 5) is 2.20. The molecule has 2 fully saturated rings. The average molecular weight is 383 g/mol. The minimum atomic E-state index is -2.19. The van der Waals surface area contributed by atoms with Crippen molar-refractivity contribution in [1.82, 2.24) is 4.90 Å². The van der Waals surface area contributed by atoms with Crippen molar-refractivity contribution in [1.29, 1.82) is 0 Å². The highest BCUT2D eigenvalue weighted by atomic mass is 19.2. The van der Waals surface area contributed by atoms with Crippen LogP contribution in [0.25, 0.3) is 0 Å². The Hall–Kier alpha value is -2.15. The molecule has 2 heterocycles. The van der Waals surface area contributed by atoms with Crippen LogP contribution < -0.4 is 4.74 Å². The summed E-state index contributed by atoms with van der Waals surface area (Å²) in [6.45, 7) is 0. The number of piperidine rings is 1. The van der Waals surface area contributed by atoms with Crippen molar-refractivity contribution in [3.63, 3.8) is 0 Å². The minimum Gasteiger partial charge on any atom is -0.476 e. The van der Waals surface area contributed by atoms with Crippen LogP contribution in [0.4, 0.5) is 22.0 Å². The first-order valence-corrected chi connectivity index (χ1v) is 8.82. The van der Waals surface area contributed by atoms with Gasteiger partial charge in [0, 0.05) is 24.9 Å². The highest BCUT2D eigenvalue weighted by Gasteiger charge is 2.50. The van der Waals surface area contributed by atoms with E-state index in [1.165, 1.54) is 0 Å². The molecule has 0 unspecified atom stereocenters. The van der Waals surface area contributed by atoms with E-state index in [0.717, 1.165) is 12.8 Å². The Bertz CT molecular complexity index is 829. The van der Waals surface area contributed by atoms with E-state index in [0.29, 0.717) is 18.4 Å². The molecular formula is C20H18F5NO. The third-order valence-corrected chi connectivity index (χ3v) is 5.88. The second kappa shape index (κ2) is 6.48. The summed E-state index contributed by atoms with van der Waals surface area (Å²) in [6, 6.07) is 9.07. The average Bonchev–Trinajstić information content (AvgIpc) is 2.90. The smallest absolute Gasteiger partial charge is 0.207 e. The van der Waals surface area contributed by atoms with Crippen molar-refractivity contribution in [3.05, 3.63) is 65.0 Å². The molecule has 0 aliphatic carbocycles. The van der Waals surface area contributed by atoms with Crippen LogP contribution in [-0.4, -0.2) is 24.0 Å². The Morgan fingerprint density at radius 2 is 1.30 bits per heavy atom. The van der Waals surface area contributed by atoms with Gasteiger partial charge in [-0.1, -0.05) is 30.3 Å². The minimum absolute atomic E-state index is 0.116. The van der Waals surface area contributed by atoms with Crippen LogP contribution in [-0.2, 0) is 5.60 Å². The Morgan fingerprint density at radius 1 is 0.815 bits per heavy atom. The van der Waals surface area contributed by atoms with Gasteiger partial charge in [0.2, 0.25) is 29.1 Å². The van der Waals surface area contributed by atoms with Crippen molar-refractivity contribution in [2.45, 2.75) is 43.4 Å². The van der Waals surface area contributed by atoms with Gasteiger partial charge in [-0.2, -0.15) is 8.78 Å². The predicted molar refractivity (Wildman–Crippen MR) is 88.8 cm³/mol. The first-order chi connectivity index (χ1) is 12.8. The van der Waals surface area contributed by atoms with Crippen molar-refractivity contribution >= 4 is 0 Å². The first kappa shape index (κ1) is 18.2. The van der Waals surface area contributed by atoms with Crippen LogP contribution in [0, 0.1) is 29.1 Å². The molecule has 7 heteroatoms. The molecule has 2 saturated heterocycles. The zero-order valence-electron chi connectivity index (χ0n) is 14.6. The van der Waals surface area contributed by atoms with Crippen molar-refractivity contribution in [3.8, 4) is 5.75 Å². The van der Waals surface area contributed by atoms with Gasteiger partial charge in [-0.05, 0) is 25.5 Å². The monoisotopic (exact) mass is 383 g/mol. The molecule has 2 aliphatic heterocycles. The van der Waals surface area contributed by atoms with Crippen LogP contribution in [0.3, 0.4) is 0 Å². The summed E-state index contributed by atoms with van der Waals surface area (Å²) in [5.41, 5.74) is -0.489. The summed E-state index contributed by atoms with van der Waals surface area (Å²) in [7, 11) is 1.98. The van der Waals surface area contributed by atoms with Crippen molar-refractivity contribution in [2.75, 3.05) is 7.05 Å². The predicted octanol–water partition coefficient (Wildman–Crippen LogP) is 4.91. The number of nitrogens with zero attached hydrogens (tertiary/aromatic N) is 1. The molecule has 0 aromatic heterocycles. The van der Waals surface area contributed by atoms with Crippen LogP contribution in [0.2, 0.25) is 0 Å². The molecule has 0 N–H and O–H groups in total. The fourth-order valence-corrected chi connectivity index (χ4v) is 4.42. The topological polar surface area (TPSA) is 12.5 Å². The van der Waals surface area contributed by atoms with Gasteiger partial charge in [0.15, 0.2) is 5.75 Å². The lowest BCUT2D eigenvalue weighted by Gasteiger charge is -2.45. The molecular weight excluding hydrogens is 365 g/mol. The van der Waals surface area contributed by atoms with E-state index in [1.807, 2.05) is 7.05 Å². The zero-order chi connectivity index (χ0) is 19.3. The normalized spacial score (nSPS) is 27.8. The van der Waals surface area contributed by atoms with Gasteiger partial charge < -0.3 is 9.64 Å². The van der Waals surface area contributed by atoms with E-state index in [4.69, 9.17) is 4.74 Å². The fraction of sp³-hybridized carbons (Fsp3) is 0.400. The molecule has 2 aliphatic rings. The van der Waals surface area contributed by atoms with Gasteiger partial charge in [0.1, 0.15) is 5.60 Å². The van der Waals surface area contributed by atoms with Crippen LogP contribution in [0.5, 0.6) is 5.75 Å². The molecule has 2 bridgehead atoms. The van der Waals surface area contributed by atoms with E-state index in [1.54, 1.807) is 30.3 Å². The largest absolute Gasteiger partial charge is 0.476 e. The number of rotatable bonds is 3. The Morgan fingerprint density at radius 3 is 1.81 bits per heavy atom. The summed E-state index contributed by atoms with van der Waals surface area (Å²) < 4.78 is 75.0. The van der Waals surface area contributed by atoms with E-state index < -0.39 is 40.4 Å². The molecule has 0 spiro atoms. The molecule has 3 atom stereocenters. The highest BCUT2D eigenvalue weighted by molar-refractivity contribution is 5.34. The maximum absolute atomic E-state index is 14.3. The summed E-state index contributed by atoms with van der Waals surface area (Å²) >= 11 is 0. The van der Waals surface area contributed by atoms with Gasteiger partial charge in [-0.3, -0.25) is 0 Å². The standard InChI is InChI=1S/C20H18F5NO/c1-26-12-7-8-13(26)10-20(9-12,11-5-3-2-4-6-11)27-19-17(24)15(22)14(21)16(23)18(19)25/h2-6,12-13H,7-10H2,1H3/t12-,13+,20+. The fourth-order valence-electron chi connectivity index (χ4n) is 4.42. The number of benzene rings is 2.